The Bertz CT molecular complexity index is 525. The number of rotatable bonds is 5. The minimum Gasteiger partial charge on any atom is -0.389 e. The summed E-state index contributed by atoms with van der Waals surface area (Å²) in [4.78, 5) is 23.6. The monoisotopic (exact) mass is 295 g/mol. The number of hydrogen-bond acceptors (Lipinski definition) is 4. The smallest absolute Gasteiger partial charge is 0.317 e. The third-order valence-electron chi connectivity index (χ3n) is 2.89. The predicted molar refractivity (Wildman–Crippen MR) is 79.0 cm³/mol. The highest BCUT2D eigenvalue weighted by Gasteiger charge is 2.21. The number of nitrogens with one attached hydrogen (secondary N) is 1. The van der Waals surface area contributed by atoms with Crippen molar-refractivity contribution in [3.05, 3.63) is 39.9 Å². The number of hydrogen-bond donors (Lipinski definition) is 2. The van der Waals surface area contributed by atoms with Crippen molar-refractivity contribution < 1.29 is 14.8 Å². The van der Waals surface area contributed by atoms with Crippen LogP contribution >= 0.6 is 0 Å². The predicted octanol–water partition coefficient (Wildman–Crippen LogP) is 2.07. The van der Waals surface area contributed by atoms with Gasteiger partial charge in [-0.2, -0.15) is 0 Å². The molecule has 0 heterocycles. The topological polar surface area (TPSA) is 95.7 Å². The highest BCUT2D eigenvalue weighted by atomic mass is 16.6. The van der Waals surface area contributed by atoms with E-state index >= 15 is 0 Å². The van der Waals surface area contributed by atoms with Crippen LogP contribution in [0.15, 0.2) is 24.3 Å². The lowest BCUT2D eigenvalue weighted by Gasteiger charge is -2.27. The first kappa shape index (κ1) is 16.9. The fourth-order valence-corrected chi connectivity index (χ4v) is 1.94. The number of nitro groups is 1. The maximum Gasteiger partial charge on any atom is 0.317 e. The third kappa shape index (κ3) is 5.39. The Hall–Kier alpha value is -2.15. The van der Waals surface area contributed by atoms with Crippen LogP contribution < -0.4 is 5.32 Å². The first-order valence-corrected chi connectivity index (χ1v) is 6.58. The molecule has 1 aromatic carbocycles. The number of non-ortho nitro benzene ring substituents is 1. The molecule has 0 aliphatic rings. The minimum atomic E-state index is -0.985. The lowest BCUT2D eigenvalue weighted by molar-refractivity contribution is -0.384. The molecule has 1 aromatic rings. The van der Waals surface area contributed by atoms with Gasteiger partial charge in [-0.05, 0) is 26.3 Å². The van der Waals surface area contributed by atoms with Crippen LogP contribution in [0.2, 0.25) is 0 Å². The van der Waals surface area contributed by atoms with Gasteiger partial charge in [-0.25, -0.2) is 4.79 Å². The van der Waals surface area contributed by atoms with Gasteiger partial charge in [-0.3, -0.25) is 10.1 Å². The molecule has 0 spiro atoms. The van der Waals surface area contributed by atoms with Gasteiger partial charge in [-0.15, -0.1) is 0 Å². The Kier molecular flexibility index (Phi) is 5.26. The summed E-state index contributed by atoms with van der Waals surface area (Å²) in [6, 6.07) is 5.40. The van der Waals surface area contributed by atoms with Crippen LogP contribution in [-0.2, 0) is 0 Å². The summed E-state index contributed by atoms with van der Waals surface area (Å²) in [6.07, 6.45) is 0. The minimum absolute atomic E-state index is 0.0153. The maximum atomic E-state index is 12.0. The van der Waals surface area contributed by atoms with Crippen LogP contribution in [0.4, 0.5) is 10.5 Å². The molecule has 0 aliphatic heterocycles. The molecular formula is C14H21N3O4. The maximum absolute atomic E-state index is 12.0. The Morgan fingerprint density at radius 1 is 1.52 bits per heavy atom. The van der Waals surface area contributed by atoms with Gasteiger partial charge in [-0.1, -0.05) is 12.1 Å². The second-order valence-corrected chi connectivity index (χ2v) is 5.69. The van der Waals surface area contributed by atoms with Gasteiger partial charge in [0.1, 0.15) is 0 Å². The lowest BCUT2D eigenvalue weighted by Crippen LogP contribution is -2.45. The molecule has 7 heteroatoms. The van der Waals surface area contributed by atoms with Crippen LogP contribution in [0, 0.1) is 10.1 Å². The molecule has 1 atom stereocenters. The van der Waals surface area contributed by atoms with Crippen LogP contribution in [0.1, 0.15) is 32.4 Å². The molecule has 0 bridgehead atoms. The third-order valence-corrected chi connectivity index (χ3v) is 2.89. The molecule has 0 aromatic heterocycles. The number of nitro benzene ring substituents is 1. The molecule has 2 amide bonds. The fourth-order valence-electron chi connectivity index (χ4n) is 1.94. The number of aliphatic hydroxyl groups is 1. The standard InChI is InChI=1S/C14H21N3O4/c1-10(11-6-5-7-12(8-11)17(20)21)15-13(18)16(4)9-14(2,3)19/h5-8,10,19H,9H2,1-4H3,(H,15,18). The molecule has 1 unspecified atom stereocenters. The Labute approximate surface area is 123 Å². The van der Waals surface area contributed by atoms with Crippen molar-refractivity contribution in [3.8, 4) is 0 Å². The Balaban J connectivity index is 2.72. The zero-order valence-corrected chi connectivity index (χ0v) is 12.7. The summed E-state index contributed by atoms with van der Waals surface area (Å²) < 4.78 is 0. The molecule has 0 saturated heterocycles. The highest BCUT2D eigenvalue weighted by Crippen LogP contribution is 2.19. The first-order chi connectivity index (χ1) is 9.60. The summed E-state index contributed by atoms with van der Waals surface area (Å²) in [5.41, 5.74) is -0.353. The number of carbonyl (C=O) groups excluding carboxylic acids is 1. The van der Waals surface area contributed by atoms with Crippen molar-refractivity contribution in [1.82, 2.24) is 10.2 Å². The van der Waals surface area contributed by atoms with E-state index in [0.29, 0.717) is 5.56 Å². The zero-order chi connectivity index (χ0) is 16.2. The van der Waals surface area contributed by atoms with E-state index in [9.17, 15) is 20.0 Å². The molecule has 0 aliphatic carbocycles. The summed E-state index contributed by atoms with van der Waals surface area (Å²) in [6.45, 7) is 5.15. The summed E-state index contributed by atoms with van der Waals surface area (Å²) >= 11 is 0. The SMILES string of the molecule is CC(NC(=O)N(C)CC(C)(C)O)c1cccc([N+](=O)[O-])c1. The summed E-state index contributed by atoms with van der Waals surface area (Å²) in [5.74, 6) is 0. The average molecular weight is 295 g/mol. The second-order valence-electron chi connectivity index (χ2n) is 5.69. The van der Waals surface area contributed by atoms with Crippen LogP contribution in [0.3, 0.4) is 0 Å². The molecule has 21 heavy (non-hydrogen) atoms. The molecule has 2 N–H and O–H groups in total. The van der Waals surface area contributed by atoms with Crippen molar-refractivity contribution in [2.75, 3.05) is 13.6 Å². The molecule has 1 rings (SSSR count). The Morgan fingerprint density at radius 3 is 2.67 bits per heavy atom. The summed E-state index contributed by atoms with van der Waals surface area (Å²) in [5, 5.41) is 23.2. The van der Waals surface area contributed by atoms with Gasteiger partial charge in [0.05, 0.1) is 23.1 Å². The Morgan fingerprint density at radius 2 is 2.14 bits per heavy atom. The molecular weight excluding hydrogens is 274 g/mol. The van der Waals surface area contributed by atoms with Crippen LogP contribution in [0.25, 0.3) is 0 Å². The van der Waals surface area contributed by atoms with Crippen molar-refractivity contribution in [2.24, 2.45) is 0 Å². The van der Waals surface area contributed by atoms with Crippen molar-refractivity contribution in [2.45, 2.75) is 32.4 Å². The van der Waals surface area contributed by atoms with Gasteiger partial charge in [0, 0.05) is 19.2 Å². The number of nitrogens with zero attached hydrogens (tertiary/aromatic N) is 2. The van der Waals surface area contributed by atoms with Gasteiger partial charge < -0.3 is 15.3 Å². The van der Waals surface area contributed by atoms with Gasteiger partial charge >= 0.3 is 6.03 Å². The van der Waals surface area contributed by atoms with Crippen LogP contribution in [-0.4, -0.2) is 40.2 Å². The van der Waals surface area contributed by atoms with E-state index in [-0.39, 0.29) is 24.3 Å². The van der Waals surface area contributed by atoms with Crippen molar-refractivity contribution in [1.29, 1.82) is 0 Å². The largest absolute Gasteiger partial charge is 0.389 e. The van der Waals surface area contributed by atoms with E-state index in [1.807, 2.05) is 0 Å². The molecule has 0 radical (unpaired) electrons. The lowest BCUT2D eigenvalue weighted by atomic mass is 10.1. The molecule has 0 saturated carbocycles. The fraction of sp³-hybridized carbons (Fsp3) is 0.500. The normalized spacial score (nSPS) is 12.6. The number of amides is 2. The number of urea groups is 1. The van der Waals surface area contributed by atoms with Crippen LogP contribution in [0.5, 0.6) is 0 Å². The van der Waals surface area contributed by atoms with E-state index in [1.54, 1.807) is 40.0 Å². The first-order valence-electron chi connectivity index (χ1n) is 6.58. The second kappa shape index (κ2) is 6.53. The molecule has 7 nitrogen and oxygen atoms in total. The number of carbonyl (C=O) groups is 1. The molecule has 116 valence electrons. The van der Waals surface area contributed by atoms with Crippen molar-refractivity contribution in [3.63, 3.8) is 0 Å². The molecule has 0 fully saturated rings. The quantitative estimate of drug-likeness (QED) is 0.642. The van der Waals surface area contributed by atoms with E-state index in [2.05, 4.69) is 5.32 Å². The van der Waals surface area contributed by atoms with E-state index in [4.69, 9.17) is 0 Å². The van der Waals surface area contributed by atoms with Gasteiger partial charge in [0.2, 0.25) is 0 Å². The zero-order valence-electron chi connectivity index (χ0n) is 12.7. The van der Waals surface area contributed by atoms with E-state index in [1.165, 1.54) is 17.0 Å². The van der Waals surface area contributed by atoms with E-state index < -0.39 is 10.5 Å². The van der Waals surface area contributed by atoms with E-state index in [0.717, 1.165) is 0 Å². The number of benzene rings is 1. The van der Waals surface area contributed by atoms with Crippen molar-refractivity contribution >= 4 is 11.7 Å². The average Bonchev–Trinajstić information content (AvgIpc) is 2.36. The summed E-state index contributed by atoms with van der Waals surface area (Å²) in [7, 11) is 1.58. The van der Waals surface area contributed by atoms with Gasteiger partial charge in [0.25, 0.3) is 5.69 Å². The highest BCUT2D eigenvalue weighted by molar-refractivity contribution is 5.74. The number of likely N-dealkylation sites (N-methyl/N-ethyl adjacent to an activating group) is 1. The van der Waals surface area contributed by atoms with Gasteiger partial charge in [0.15, 0.2) is 0 Å².